The molecule has 0 atom stereocenters. The topological polar surface area (TPSA) is 97.6 Å². The highest BCUT2D eigenvalue weighted by molar-refractivity contribution is 6.08. The lowest BCUT2D eigenvalue weighted by atomic mass is 10.0. The molecule has 0 fully saturated rings. The number of hydrogen-bond donors (Lipinski definition) is 2. The maximum absolute atomic E-state index is 12.2. The molecular weight excluding hydrogens is 384 g/mol. The van der Waals surface area contributed by atoms with Crippen molar-refractivity contribution in [3.63, 3.8) is 0 Å². The van der Waals surface area contributed by atoms with Crippen LogP contribution in [0.15, 0.2) is 77.4 Å². The largest absolute Gasteiger partial charge is 0.464 e. The third kappa shape index (κ3) is 4.30. The Hall–Kier alpha value is -4.13. The molecule has 30 heavy (non-hydrogen) atoms. The number of amides is 3. The van der Waals surface area contributed by atoms with Gasteiger partial charge in [0.25, 0.3) is 5.91 Å². The molecule has 0 saturated carbocycles. The molecule has 0 bridgehead atoms. The first-order valence-corrected chi connectivity index (χ1v) is 9.29. The van der Waals surface area contributed by atoms with E-state index in [0.29, 0.717) is 16.8 Å². The van der Waals surface area contributed by atoms with Crippen LogP contribution in [0.25, 0.3) is 21.7 Å². The first-order chi connectivity index (χ1) is 14.6. The molecule has 150 valence electrons. The zero-order chi connectivity index (χ0) is 20.9. The molecule has 0 unspecified atom stereocenters. The molecule has 0 saturated heterocycles. The summed E-state index contributed by atoms with van der Waals surface area (Å²) in [5.74, 6) is -1.32. The SMILES string of the molecule is O=C(COC(=O)Cc1coc2ccc3ccccc3c12)NC(=O)Nc1ccccc1. The van der Waals surface area contributed by atoms with Gasteiger partial charge in [0.2, 0.25) is 0 Å². The Kier molecular flexibility index (Phi) is 5.43. The number of fused-ring (bicyclic) bond motifs is 3. The van der Waals surface area contributed by atoms with Crippen LogP contribution in [0.4, 0.5) is 10.5 Å². The van der Waals surface area contributed by atoms with E-state index in [0.717, 1.165) is 16.2 Å². The number of anilines is 1. The molecule has 7 nitrogen and oxygen atoms in total. The summed E-state index contributed by atoms with van der Waals surface area (Å²) in [6.45, 7) is -0.558. The summed E-state index contributed by atoms with van der Waals surface area (Å²) >= 11 is 0. The molecule has 3 amide bonds. The van der Waals surface area contributed by atoms with Crippen molar-refractivity contribution in [2.24, 2.45) is 0 Å². The lowest BCUT2D eigenvalue weighted by molar-refractivity contribution is -0.147. The van der Waals surface area contributed by atoms with E-state index in [1.807, 2.05) is 36.4 Å². The molecule has 1 aromatic heterocycles. The second kappa shape index (κ2) is 8.48. The van der Waals surface area contributed by atoms with Crippen molar-refractivity contribution in [2.45, 2.75) is 6.42 Å². The molecule has 3 aromatic carbocycles. The van der Waals surface area contributed by atoms with Gasteiger partial charge in [-0.3, -0.25) is 14.9 Å². The van der Waals surface area contributed by atoms with Gasteiger partial charge in [-0.15, -0.1) is 0 Å². The zero-order valence-electron chi connectivity index (χ0n) is 15.9. The second-order valence-corrected chi connectivity index (χ2v) is 6.63. The van der Waals surface area contributed by atoms with E-state index in [4.69, 9.17) is 9.15 Å². The lowest BCUT2D eigenvalue weighted by Crippen LogP contribution is -2.37. The minimum absolute atomic E-state index is 0.0511. The molecule has 0 aliphatic rings. The summed E-state index contributed by atoms with van der Waals surface area (Å²) in [5.41, 5.74) is 1.89. The molecule has 0 aliphatic heterocycles. The fraction of sp³-hybridized carbons (Fsp3) is 0.0870. The number of urea groups is 1. The van der Waals surface area contributed by atoms with Gasteiger partial charge in [0.1, 0.15) is 5.58 Å². The number of carbonyl (C=O) groups excluding carboxylic acids is 3. The summed E-state index contributed by atoms with van der Waals surface area (Å²) in [5, 5.41) is 7.47. The minimum atomic E-state index is -0.723. The van der Waals surface area contributed by atoms with Crippen LogP contribution in [0.2, 0.25) is 0 Å². The molecule has 4 rings (SSSR count). The number of hydrogen-bond acceptors (Lipinski definition) is 5. The van der Waals surface area contributed by atoms with Crippen LogP contribution >= 0.6 is 0 Å². The molecule has 0 aliphatic carbocycles. The number of para-hydroxylation sites is 1. The molecule has 2 N–H and O–H groups in total. The van der Waals surface area contributed by atoms with E-state index in [1.165, 1.54) is 6.26 Å². The summed E-state index contributed by atoms with van der Waals surface area (Å²) in [4.78, 5) is 35.9. The summed E-state index contributed by atoms with van der Waals surface area (Å²) in [6.07, 6.45) is 1.47. The van der Waals surface area contributed by atoms with Crippen molar-refractivity contribution in [1.82, 2.24) is 5.32 Å². The average molecular weight is 402 g/mol. The Morgan fingerprint density at radius 2 is 1.67 bits per heavy atom. The van der Waals surface area contributed by atoms with Crippen LogP contribution in [-0.2, 0) is 20.7 Å². The molecule has 0 spiro atoms. The van der Waals surface area contributed by atoms with Crippen LogP contribution in [0.1, 0.15) is 5.56 Å². The number of benzene rings is 3. The molecule has 4 aromatic rings. The Morgan fingerprint density at radius 1 is 0.900 bits per heavy atom. The number of furan rings is 1. The van der Waals surface area contributed by atoms with E-state index < -0.39 is 24.5 Å². The third-order valence-corrected chi connectivity index (χ3v) is 4.52. The summed E-state index contributed by atoms with van der Waals surface area (Å²) in [6, 6.07) is 19.6. The van der Waals surface area contributed by atoms with Crippen LogP contribution in [-0.4, -0.2) is 24.5 Å². The van der Waals surface area contributed by atoms with Gasteiger partial charge in [0.15, 0.2) is 6.61 Å². The fourth-order valence-electron chi connectivity index (χ4n) is 3.20. The molecular formula is C23H18N2O5. The molecule has 0 radical (unpaired) electrons. The van der Waals surface area contributed by atoms with E-state index in [2.05, 4.69) is 10.6 Å². The van der Waals surface area contributed by atoms with Crippen LogP contribution in [0, 0.1) is 0 Å². The number of rotatable bonds is 5. The van der Waals surface area contributed by atoms with Crippen molar-refractivity contribution in [1.29, 1.82) is 0 Å². The second-order valence-electron chi connectivity index (χ2n) is 6.63. The minimum Gasteiger partial charge on any atom is -0.464 e. The van der Waals surface area contributed by atoms with Gasteiger partial charge in [-0.25, -0.2) is 4.79 Å². The van der Waals surface area contributed by atoms with E-state index in [-0.39, 0.29) is 6.42 Å². The highest BCUT2D eigenvalue weighted by Crippen LogP contribution is 2.30. The van der Waals surface area contributed by atoms with Gasteiger partial charge in [-0.2, -0.15) is 0 Å². The van der Waals surface area contributed by atoms with Gasteiger partial charge in [0, 0.05) is 16.6 Å². The Labute approximate surface area is 171 Å². The Balaban J connectivity index is 1.34. The first kappa shape index (κ1) is 19.2. The molecule has 1 heterocycles. The standard InChI is InChI=1S/C23H18N2O5/c26-20(25-23(28)24-17-7-2-1-3-8-17)14-30-21(27)12-16-13-29-19-11-10-15-6-4-5-9-18(15)22(16)19/h1-11,13H,12,14H2,(H2,24,25,26,28). The van der Waals surface area contributed by atoms with E-state index in [1.54, 1.807) is 30.3 Å². The van der Waals surface area contributed by atoms with Crippen LogP contribution in [0.3, 0.4) is 0 Å². The monoisotopic (exact) mass is 402 g/mol. The van der Waals surface area contributed by atoms with Crippen LogP contribution < -0.4 is 10.6 Å². The van der Waals surface area contributed by atoms with Gasteiger partial charge in [0.05, 0.1) is 12.7 Å². The smallest absolute Gasteiger partial charge is 0.325 e. The highest BCUT2D eigenvalue weighted by atomic mass is 16.5. The Bertz CT molecular complexity index is 1230. The van der Waals surface area contributed by atoms with E-state index in [9.17, 15) is 14.4 Å². The highest BCUT2D eigenvalue weighted by Gasteiger charge is 2.16. The number of esters is 1. The van der Waals surface area contributed by atoms with Crippen molar-refractivity contribution in [2.75, 3.05) is 11.9 Å². The summed E-state index contributed by atoms with van der Waals surface area (Å²) < 4.78 is 10.6. The maximum atomic E-state index is 12.2. The Morgan fingerprint density at radius 3 is 2.50 bits per heavy atom. The number of carbonyl (C=O) groups is 3. The predicted octanol–water partition coefficient (Wildman–Crippen LogP) is 4.02. The fourth-order valence-corrected chi connectivity index (χ4v) is 3.20. The van der Waals surface area contributed by atoms with E-state index >= 15 is 0 Å². The van der Waals surface area contributed by atoms with Crippen molar-refractivity contribution < 1.29 is 23.5 Å². The predicted molar refractivity (Wildman–Crippen MR) is 112 cm³/mol. The lowest BCUT2D eigenvalue weighted by Gasteiger charge is -2.07. The van der Waals surface area contributed by atoms with Crippen molar-refractivity contribution in [3.05, 3.63) is 78.6 Å². The number of imide groups is 1. The van der Waals surface area contributed by atoms with Crippen LogP contribution in [0.5, 0.6) is 0 Å². The maximum Gasteiger partial charge on any atom is 0.325 e. The number of nitrogens with one attached hydrogen (secondary N) is 2. The van der Waals surface area contributed by atoms with Gasteiger partial charge in [-0.05, 0) is 29.0 Å². The normalized spacial score (nSPS) is 10.7. The number of ether oxygens (including phenoxy) is 1. The van der Waals surface area contributed by atoms with Gasteiger partial charge >= 0.3 is 12.0 Å². The summed E-state index contributed by atoms with van der Waals surface area (Å²) in [7, 11) is 0. The first-order valence-electron chi connectivity index (χ1n) is 9.29. The average Bonchev–Trinajstić information content (AvgIpc) is 3.16. The molecule has 7 heteroatoms. The third-order valence-electron chi connectivity index (χ3n) is 4.52. The van der Waals surface area contributed by atoms with Gasteiger partial charge in [-0.1, -0.05) is 48.5 Å². The van der Waals surface area contributed by atoms with Crippen molar-refractivity contribution >= 4 is 45.3 Å². The van der Waals surface area contributed by atoms with Crippen molar-refractivity contribution in [3.8, 4) is 0 Å². The van der Waals surface area contributed by atoms with Gasteiger partial charge < -0.3 is 14.5 Å². The zero-order valence-corrected chi connectivity index (χ0v) is 15.9. The quantitative estimate of drug-likeness (QED) is 0.492.